The number of carboxylic acid groups (broad SMARTS) is 1. The van der Waals surface area contributed by atoms with Gasteiger partial charge in [0.15, 0.2) is 0 Å². The average Bonchev–Trinajstić information content (AvgIpc) is 2.36. The van der Waals surface area contributed by atoms with Crippen molar-refractivity contribution in [3.05, 3.63) is 34.9 Å². The number of carbonyl (C=O) groups excluding carboxylic acids is 1. The number of halogens is 1. The summed E-state index contributed by atoms with van der Waals surface area (Å²) >= 11 is 5.97. The molecule has 0 saturated carbocycles. The molecule has 5 heteroatoms. The molecule has 2 N–H and O–H groups in total. The average molecular weight is 284 g/mol. The molecule has 0 saturated heterocycles. The molecular weight excluding hydrogens is 266 g/mol. The Morgan fingerprint density at radius 1 is 1.37 bits per heavy atom. The Morgan fingerprint density at radius 2 is 2.05 bits per heavy atom. The number of hydrogen-bond donors (Lipinski definition) is 2. The largest absolute Gasteiger partial charge is 0.481 e. The molecule has 1 aromatic carbocycles. The maximum Gasteiger partial charge on any atom is 0.303 e. The number of amides is 1. The molecule has 0 heterocycles. The summed E-state index contributed by atoms with van der Waals surface area (Å²) in [6.07, 6.45) is 0.925. The summed E-state index contributed by atoms with van der Waals surface area (Å²) in [5.41, 5.74) is 0.792. The van der Waals surface area contributed by atoms with Gasteiger partial charge in [-0.15, -0.1) is 0 Å². The number of nitrogens with one attached hydrogen (secondary N) is 1. The van der Waals surface area contributed by atoms with Gasteiger partial charge in [0, 0.05) is 18.0 Å². The van der Waals surface area contributed by atoms with E-state index in [4.69, 9.17) is 16.7 Å². The number of aliphatic carboxylic acids is 1. The summed E-state index contributed by atoms with van der Waals surface area (Å²) in [4.78, 5) is 22.1. The maximum atomic E-state index is 11.7. The highest BCUT2D eigenvalue weighted by molar-refractivity contribution is 6.31. The van der Waals surface area contributed by atoms with E-state index in [2.05, 4.69) is 5.32 Å². The molecule has 0 spiro atoms. The number of carboxylic acids is 1. The third-order valence-corrected chi connectivity index (χ3v) is 3.18. The lowest BCUT2D eigenvalue weighted by Gasteiger charge is -2.11. The van der Waals surface area contributed by atoms with Crippen LogP contribution in [0.25, 0.3) is 0 Å². The highest BCUT2D eigenvalue weighted by atomic mass is 35.5. The molecule has 0 bridgehead atoms. The van der Waals surface area contributed by atoms with E-state index in [-0.39, 0.29) is 24.7 Å². The highest BCUT2D eigenvalue weighted by Crippen LogP contribution is 2.15. The molecule has 0 aliphatic heterocycles. The SMILES string of the molecule is CC(CCC(=O)O)CNC(=O)Cc1ccccc1Cl. The molecule has 104 valence electrons. The molecular formula is C14H18ClNO3. The predicted molar refractivity (Wildman–Crippen MR) is 74.2 cm³/mol. The van der Waals surface area contributed by atoms with E-state index in [1.54, 1.807) is 6.07 Å². The standard InChI is InChI=1S/C14H18ClNO3/c1-10(6-7-14(18)19)9-16-13(17)8-11-4-2-3-5-12(11)15/h2-5,10H,6-9H2,1H3,(H,16,17)(H,18,19). The second kappa shape index (κ2) is 7.79. The van der Waals surface area contributed by atoms with Gasteiger partial charge in [-0.05, 0) is 24.0 Å². The smallest absolute Gasteiger partial charge is 0.303 e. The predicted octanol–water partition coefficient (Wildman–Crippen LogP) is 2.50. The fourth-order valence-electron chi connectivity index (χ4n) is 1.64. The summed E-state index contributed by atoms with van der Waals surface area (Å²) in [6.45, 7) is 2.40. The van der Waals surface area contributed by atoms with Gasteiger partial charge in [-0.2, -0.15) is 0 Å². The molecule has 1 amide bonds. The summed E-state index contributed by atoms with van der Waals surface area (Å²) in [5, 5.41) is 11.9. The Labute approximate surface area is 117 Å². The van der Waals surface area contributed by atoms with Gasteiger partial charge >= 0.3 is 5.97 Å². The zero-order chi connectivity index (χ0) is 14.3. The fourth-order valence-corrected chi connectivity index (χ4v) is 1.84. The third-order valence-electron chi connectivity index (χ3n) is 2.81. The van der Waals surface area contributed by atoms with Gasteiger partial charge in [0.1, 0.15) is 0 Å². The molecule has 0 aliphatic carbocycles. The van der Waals surface area contributed by atoms with Gasteiger partial charge in [0.25, 0.3) is 0 Å². The van der Waals surface area contributed by atoms with E-state index < -0.39 is 5.97 Å². The molecule has 1 aromatic rings. The zero-order valence-electron chi connectivity index (χ0n) is 10.9. The number of carbonyl (C=O) groups is 2. The van der Waals surface area contributed by atoms with E-state index in [9.17, 15) is 9.59 Å². The first-order chi connectivity index (χ1) is 8.99. The molecule has 0 aromatic heterocycles. The van der Waals surface area contributed by atoms with Gasteiger partial charge in [-0.3, -0.25) is 9.59 Å². The van der Waals surface area contributed by atoms with E-state index in [0.29, 0.717) is 18.0 Å². The first-order valence-corrected chi connectivity index (χ1v) is 6.58. The van der Waals surface area contributed by atoms with Crippen LogP contribution in [0.3, 0.4) is 0 Å². The van der Waals surface area contributed by atoms with Crippen LogP contribution in [0.5, 0.6) is 0 Å². The lowest BCUT2D eigenvalue weighted by atomic mass is 10.1. The van der Waals surface area contributed by atoms with E-state index in [1.807, 2.05) is 25.1 Å². The molecule has 19 heavy (non-hydrogen) atoms. The minimum atomic E-state index is -0.811. The monoisotopic (exact) mass is 283 g/mol. The van der Waals surface area contributed by atoms with Crippen LogP contribution in [0.1, 0.15) is 25.3 Å². The van der Waals surface area contributed by atoms with Crippen molar-refractivity contribution in [3.63, 3.8) is 0 Å². The first kappa shape index (κ1) is 15.5. The summed E-state index contributed by atoms with van der Waals surface area (Å²) in [7, 11) is 0. The van der Waals surface area contributed by atoms with Crippen molar-refractivity contribution in [3.8, 4) is 0 Å². The van der Waals surface area contributed by atoms with Crippen LogP contribution in [0.4, 0.5) is 0 Å². The van der Waals surface area contributed by atoms with Gasteiger partial charge in [0.2, 0.25) is 5.91 Å². The van der Waals surface area contributed by atoms with Crippen LogP contribution in [0.15, 0.2) is 24.3 Å². The minimum Gasteiger partial charge on any atom is -0.481 e. The van der Waals surface area contributed by atoms with Crippen molar-refractivity contribution >= 4 is 23.5 Å². The Bertz CT molecular complexity index is 448. The van der Waals surface area contributed by atoms with Crippen molar-refractivity contribution in [2.45, 2.75) is 26.2 Å². The third kappa shape index (κ3) is 6.25. The molecule has 1 rings (SSSR count). The topological polar surface area (TPSA) is 66.4 Å². The Morgan fingerprint density at radius 3 is 2.68 bits per heavy atom. The molecule has 1 atom stereocenters. The van der Waals surface area contributed by atoms with Gasteiger partial charge in [-0.25, -0.2) is 0 Å². The summed E-state index contributed by atoms with van der Waals surface area (Å²) in [5.74, 6) is -0.768. The summed E-state index contributed by atoms with van der Waals surface area (Å²) < 4.78 is 0. The van der Waals surface area contributed by atoms with Gasteiger partial charge in [-0.1, -0.05) is 36.7 Å². The van der Waals surface area contributed by atoms with Crippen LogP contribution in [-0.2, 0) is 16.0 Å². The quantitative estimate of drug-likeness (QED) is 0.808. The van der Waals surface area contributed by atoms with Crippen LogP contribution in [-0.4, -0.2) is 23.5 Å². The summed E-state index contributed by atoms with van der Waals surface area (Å²) in [6, 6.07) is 7.22. The van der Waals surface area contributed by atoms with Crippen molar-refractivity contribution in [2.75, 3.05) is 6.54 Å². The Kier molecular flexibility index (Phi) is 6.36. The number of hydrogen-bond acceptors (Lipinski definition) is 2. The highest BCUT2D eigenvalue weighted by Gasteiger charge is 2.09. The van der Waals surface area contributed by atoms with Gasteiger partial charge in [0.05, 0.1) is 6.42 Å². The van der Waals surface area contributed by atoms with Gasteiger partial charge < -0.3 is 10.4 Å². The second-order valence-electron chi connectivity index (χ2n) is 4.61. The normalized spacial score (nSPS) is 11.9. The Balaban J connectivity index is 2.32. The van der Waals surface area contributed by atoms with E-state index >= 15 is 0 Å². The van der Waals surface area contributed by atoms with Crippen LogP contribution in [0, 0.1) is 5.92 Å². The van der Waals surface area contributed by atoms with Crippen molar-refractivity contribution < 1.29 is 14.7 Å². The molecule has 0 radical (unpaired) electrons. The number of benzene rings is 1. The minimum absolute atomic E-state index is 0.102. The lowest BCUT2D eigenvalue weighted by molar-refractivity contribution is -0.137. The molecule has 1 unspecified atom stereocenters. The first-order valence-electron chi connectivity index (χ1n) is 6.21. The fraction of sp³-hybridized carbons (Fsp3) is 0.429. The van der Waals surface area contributed by atoms with Crippen LogP contribution in [0.2, 0.25) is 5.02 Å². The van der Waals surface area contributed by atoms with Crippen LogP contribution < -0.4 is 5.32 Å². The van der Waals surface area contributed by atoms with Crippen molar-refractivity contribution in [2.24, 2.45) is 5.92 Å². The zero-order valence-corrected chi connectivity index (χ0v) is 11.6. The lowest BCUT2D eigenvalue weighted by Crippen LogP contribution is -2.29. The number of rotatable bonds is 7. The maximum absolute atomic E-state index is 11.7. The Hall–Kier alpha value is -1.55. The van der Waals surface area contributed by atoms with E-state index in [0.717, 1.165) is 5.56 Å². The molecule has 0 aliphatic rings. The van der Waals surface area contributed by atoms with Crippen molar-refractivity contribution in [1.82, 2.24) is 5.32 Å². The van der Waals surface area contributed by atoms with Crippen LogP contribution >= 0.6 is 11.6 Å². The second-order valence-corrected chi connectivity index (χ2v) is 5.02. The van der Waals surface area contributed by atoms with E-state index in [1.165, 1.54) is 0 Å². The van der Waals surface area contributed by atoms with Crippen molar-refractivity contribution in [1.29, 1.82) is 0 Å². The molecule has 4 nitrogen and oxygen atoms in total. The molecule has 0 fully saturated rings.